The van der Waals surface area contributed by atoms with Gasteiger partial charge < -0.3 is 15.0 Å². The first kappa shape index (κ1) is 15.4. The maximum atomic E-state index is 11.5. The first-order valence-corrected chi connectivity index (χ1v) is 6.08. The molecule has 0 rings (SSSR count). The van der Waals surface area contributed by atoms with Crippen LogP contribution in [-0.4, -0.2) is 50.2 Å². The maximum absolute atomic E-state index is 11.5. The number of rotatable bonds is 8. The van der Waals surface area contributed by atoms with Gasteiger partial charge in [-0.15, -0.1) is 0 Å². The van der Waals surface area contributed by atoms with Gasteiger partial charge >= 0.3 is 5.97 Å². The van der Waals surface area contributed by atoms with Gasteiger partial charge in [-0.25, -0.2) is 0 Å². The van der Waals surface area contributed by atoms with E-state index in [0.717, 1.165) is 19.4 Å². The third kappa shape index (κ3) is 5.47. The van der Waals surface area contributed by atoms with E-state index >= 15 is 0 Å². The first-order chi connectivity index (χ1) is 7.56. The molecule has 0 aromatic rings. The van der Waals surface area contributed by atoms with Gasteiger partial charge in [0.2, 0.25) is 0 Å². The van der Waals surface area contributed by atoms with Crippen molar-refractivity contribution in [2.24, 2.45) is 0 Å². The molecule has 4 nitrogen and oxygen atoms in total. The van der Waals surface area contributed by atoms with Gasteiger partial charge in [-0.3, -0.25) is 4.79 Å². The number of nitrogens with one attached hydrogen (secondary N) is 1. The van der Waals surface area contributed by atoms with Crippen LogP contribution in [0, 0.1) is 0 Å². The highest BCUT2D eigenvalue weighted by Crippen LogP contribution is 2.05. The minimum absolute atomic E-state index is 0.183. The second kappa shape index (κ2) is 8.53. The van der Waals surface area contributed by atoms with Crippen molar-refractivity contribution in [3.05, 3.63) is 0 Å². The van der Waals surface area contributed by atoms with Crippen molar-refractivity contribution in [1.29, 1.82) is 0 Å². The fourth-order valence-corrected chi connectivity index (χ4v) is 1.72. The zero-order valence-electron chi connectivity index (χ0n) is 11.2. The number of nitrogens with zero attached hydrogens (tertiary/aromatic N) is 1. The van der Waals surface area contributed by atoms with E-state index in [1.165, 1.54) is 7.11 Å². The molecular weight excluding hydrogens is 204 g/mol. The van der Waals surface area contributed by atoms with Crippen LogP contribution < -0.4 is 5.32 Å². The lowest BCUT2D eigenvalue weighted by Crippen LogP contribution is -2.47. The summed E-state index contributed by atoms with van der Waals surface area (Å²) in [4.78, 5) is 13.7. The zero-order chi connectivity index (χ0) is 12.6. The summed E-state index contributed by atoms with van der Waals surface area (Å²) in [7, 11) is 3.48. The summed E-state index contributed by atoms with van der Waals surface area (Å²) in [5, 5.41) is 3.14. The second-order valence-corrected chi connectivity index (χ2v) is 4.21. The average molecular weight is 230 g/mol. The van der Waals surface area contributed by atoms with E-state index in [0.29, 0.717) is 12.6 Å². The number of esters is 1. The van der Waals surface area contributed by atoms with Crippen molar-refractivity contribution in [3.8, 4) is 0 Å². The molecule has 0 aliphatic rings. The SMILES string of the molecule is CCCC(C)N(C)CC(NCC)C(=O)OC. The highest BCUT2D eigenvalue weighted by atomic mass is 16.5. The molecule has 0 bridgehead atoms. The topological polar surface area (TPSA) is 41.6 Å². The predicted octanol–water partition coefficient (Wildman–Crippen LogP) is 1.26. The van der Waals surface area contributed by atoms with Gasteiger partial charge in [-0.05, 0) is 26.9 Å². The van der Waals surface area contributed by atoms with E-state index in [4.69, 9.17) is 4.74 Å². The highest BCUT2D eigenvalue weighted by molar-refractivity contribution is 5.75. The van der Waals surface area contributed by atoms with Crippen molar-refractivity contribution in [2.45, 2.75) is 45.7 Å². The lowest BCUT2D eigenvalue weighted by molar-refractivity contribution is -0.143. The Balaban J connectivity index is 4.21. The molecule has 2 atom stereocenters. The van der Waals surface area contributed by atoms with E-state index in [1.54, 1.807) is 0 Å². The summed E-state index contributed by atoms with van der Waals surface area (Å²) in [6.45, 7) is 7.82. The van der Waals surface area contributed by atoms with Crippen LogP contribution in [0.5, 0.6) is 0 Å². The van der Waals surface area contributed by atoms with Gasteiger partial charge in [0, 0.05) is 12.6 Å². The van der Waals surface area contributed by atoms with Crippen molar-refractivity contribution >= 4 is 5.97 Å². The Morgan fingerprint density at radius 1 is 1.44 bits per heavy atom. The van der Waals surface area contributed by atoms with Crippen molar-refractivity contribution in [3.63, 3.8) is 0 Å². The molecule has 0 aliphatic carbocycles. The first-order valence-electron chi connectivity index (χ1n) is 6.08. The predicted molar refractivity (Wildman–Crippen MR) is 66.5 cm³/mol. The molecule has 0 saturated heterocycles. The monoisotopic (exact) mass is 230 g/mol. The van der Waals surface area contributed by atoms with Gasteiger partial charge in [0.15, 0.2) is 0 Å². The highest BCUT2D eigenvalue weighted by Gasteiger charge is 2.21. The van der Waals surface area contributed by atoms with E-state index in [1.807, 2.05) is 14.0 Å². The van der Waals surface area contributed by atoms with Crippen LogP contribution in [-0.2, 0) is 9.53 Å². The Labute approximate surface area is 99.3 Å². The van der Waals surface area contributed by atoms with E-state index in [-0.39, 0.29) is 12.0 Å². The van der Waals surface area contributed by atoms with E-state index in [9.17, 15) is 4.79 Å². The number of likely N-dealkylation sites (N-methyl/N-ethyl adjacent to an activating group) is 2. The Hall–Kier alpha value is -0.610. The lowest BCUT2D eigenvalue weighted by atomic mass is 10.1. The molecule has 0 fully saturated rings. The van der Waals surface area contributed by atoms with Crippen LogP contribution in [0.25, 0.3) is 0 Å². The summed E-state index contributed by atoms with van der Waals surface area (Å²) >= 11 is 0. The molecule has 0 saturated carbocycles. The van der Waals surface area contributed by atoms with Gasteiger partial charge in [-0.2, -0.15) is 0 Å². The smallest absolute Gasteiger partial charge is 0.324 e. The molecule has 0 aromatic heterocycles. The quantitative estimate of drug-likeness (QED) is 0.637. The normalized spacial score (nSPS) is 14.9. The van der Waals surface area contributed by atoms with E-state index in [2.05, 4.69) is 24.1 Å². The number of carbonyl (C=O) groups is 1. The molecule has 1 N–H and O–H groups in total. The zero-order valence-corrected chi connectivity index (χ0v) is 11.2. The Bertz CT molecular complexity index is 197. The van der Waals surface area contributed by atoms with Crippen LogP contribution >= 0.6 is 0 Å². The third-order valence-corrected chi connectivity index (χ3v) is 2.87. The van der Waals surface area contributed by atoms with Gasteiger partial charge in [-0.1, -0.05) is 20.3 Å². The molecule has 0 amide bonds. The van der Waals surface area contributed by atoms with Gasteiger partial charge in [0.1, 0.15) is 6.04 Å². The molecule has 0 spiro atoms. The summed E-state index contributed by atoms with van der Waals surface area (Å²) < 4.78 is 4.78. The number of hydrogen-bond acceptors (Lipinski definition) is 4. The summed E-state index contributed by atoms with van der Waals surface area (Å²) in [6.07, 6.45) is 2.31. The van der Waals surface area contributed by atoms with Crippen LogP contribution in [0.3, 0.4) is 0 Å². The van der Waals surface area contributed by atoms with Crippen LogP contribution in [0.4, 0.5) is 0 Å². The number of ether oxygens (including phenoxy) is 1. The molecular formula is C12H26N2O2. The molecule has 0 aromatic carbocycles. The summed E-state index contributed by atoms with van der Waals surface area (Å²) in [5.74, 6) is -0.183. The Morgan fingerprint density at radius 2 is 2.06 bits per heavy atom. The molecule has 0 aliphatic heterocycles. The van der Waals surface area contributed by atoms with Crippen LogP contribution in [0.15, 0.2) is 0 Å². The molecule has 96 valence electrons. The Morgan fingerprint density at radius 3 is 2.50 bits per heavy atom. The Kier molecular flexibility index (Phi) is 8.21. The fraction of sp³-hybridized carbons (Fsp3) is 0.917. The largest absolute Gasteiger partial charge is 0.468 e. The standard InChI is InChI=1S/C12H26N2O2/c1-6-8-10(3)14(4)9-11(13-7-2)12(15)16-5/h10-11,13H,6-9H2,1-5H3. The number of hydrogen-bond donors (Lipinski definition) is 1. The molecule has 16 heavy (non-hydrogen) atoms. The van der Waals surface area contributed by atoms with Gasteiger partial charge in [0.05, 0.1) is 7.11 Å². The molecule has 0 radical (unpaired) electrons. The molecule has 4 heteroatoms. The minimum atomic E-state index is -0.223. The summed E-state index contributed by atoms with van der Waals surface area (Å²) in [5.41, 5.74) is 0. The molecule has 0 heterocycles. The molecule has 2 unspecified atom stereocenters. The lowest BCUT2D eigenvalue weighted by Gasteiger charge is -2.28. The van der Waals surface area contributed by atoms with Gasteiger partial charge in [0.25, 0.3) is 0 Å². The van der Waals surface area contributed by atoms with Crippen molar-refractivity contribution < 1.29 is 9.53 Å². The third-order valence-electron chi connectivity index (χ3n) is 2.87. The maximum Gasteiger partial charge on any atom is 0.324 e. The van der Waals surface area contributed by atoms with Crippen LogP contribution in [0.1, 0.15) is 33.6 Å². The minimum Gasteiger partial charge on any atom is -0.468 e. The van der Waals surface area contributed by atoms with Crippen LogP contribution in [0.2, 0.25) is 0 Å². The number of carbonyl (C=O) groups excluding carboxylic acids is 1. The van der Waals surface area contributed by atoms with Crippen molar-refractivity contribution in [2.75, 3.05) is 27.2 Å². The number of methoxy groups -OCH3 is 1. The summed E-state index contributed by atoms with van der Waals surface area (Å²) in [6, 6.07) is 0.273. The second-order valence-electron chi connectivity index (χ2n) is 4.21. The van der Waals surface area contributed by atoms with Crippen molar-refractivity contribution in [1.82, 2.24) is 10.2 Å². The fourth-order valence-electron chi connectivity index (χ4n) is 1.72. The van der Waals surface area contributed by atoms with E-state index < -0.39 is 0 Å². The average Bonchev–Trinajstić information content (AvgIpc) is 2.27.